The fraction of sp³-hybridized carbons (Fsp3) is 0. The van der Waals surface area contributed by atoms with Crippen molar-refractivity contribution in [2.24, 2.45) is 0 Å². The van der Waals surface area contributed by atoms with Crippen molar-refractivity contribution < 1.29 is 51.0 Å². The monoisotopic (exact) mass is 195 g/mol. The summed E-state index contributed by atoms with van der Waals surface area (Å²) < 4.78 is 7.94. The molecule has 0 aromatic carbocycles. The maximum absolute atomic E-state index is 8.56. The van der Waals surface area contributed by atoms with Gasteiger partial charge in [-0.25, -0.2) is 4.79 Å². The quantitative estimate of drug-likeness (QED) is 0.538. The Morgan fingerprint density at radius 2 is 1.29 bits per heavy atom. The summed E-state index contributed by atoms with van der Waals surface area (Å²) in [5, 5.41) is 13.9. The third-order valence-corrected chi connectivity index (χ3v) is 0. The van der Waals surface area contributed by atoms with E-state index in [0.29, 0.717) is 0 Å². The molecule has 0 amide bonds. The molecule has 0 rings (SSSR count). The minimum atomic E-state index is -1.83. The molecule has 49 valence electrons. The molecule has 7 heavy (non-hydrogen) atoms. The van der Waals surface area contributed by atoms with Crippen LogP contribution in [-0.4, -0.2) is 16.4 Å². The average Bonchev–Trinajstić information content (AvgIpc) is 1.41. The van der Waals surface area contributed by atoms with Crippen LogP contribution in [0.2, 0.25) is 0 Å². The summed E-state index contributed by atoms with van der Waals surface area (Å²) in [7, 11) is 0. The van der Waals surface area contributed by atoms with Crippen LogP contribution < -0.4 is 0 Å². The van der Waals surface area contributed by atoms with E-state index in [9.17, 15) is 0 Å². The van der Waals surface area contributed by atoms with Gasteiger partial charge in [0.25, 0.3) is 0 Å². The van der Waals surface area contributed by atoms with Gasteiger partial charge in [-0.3, -0.25) is 0 Å². The van der Waals surface area contributed by atoms with Gasteiger partial charge in [-0.15, -0.1) is 0 Å². The summed E-state index contributed by atoms with van der Waals surface area (Å²) in [6.07, 6.45) is -1.83. The third kappa shape index (κ3) is 20500. The van der Waals surface area contributed by atoms with Crippen molar-refractivity contribution in [3.63, 3.8) is 0 Å². The summed E-state index contributed by atoms with van der Waals surface area (Å²) in [6, 6.07) is 0. The molecule has 0 unspecified atom stereocenters. The molecule has 0 aliphatic carbocycles. The van der Waals surface area contributed by atoms with Crippen LogP contribution in [0.5, 0.6) is 0 Å². The molecule has 0 heterocycles. The van der Waals surface area contributed by atoms with E-state index < -0.39 is 6.16 Å². The molecule has 0 spiro atoms. The van der Waals surface area contributed by atoms with Crippen molar-refractivity contribution in [2.45, 2.75) is 0 Å². The summed E-state index contributed by atoms with van der Waals surface area (Å²) in [4.78, 5) is 8.56. The van der Waals surface area contributed by atoms with Crippen molar-refractivity contribution in [1.82, 2.24) is 0 Å². The predicted octanol–water partition coefficient (Wildman–Crippen LogP) is 0.0986. The van der Waals surface area contributed by atoms with Gasteiger partial charge >= 0.3 is 25.7 Å². The van der Waals surface area contributed by atoms with Gasteiger partial charge < -0.3 is 10.2 Å². The van der Waals surface area contributed by atoms with E-state index in [1.54, 1.807) is 0 Å². The zero-order valence-electron chi connectivity index (χ0n) is 2.86. The number of rotatable bonds is 0. The van der Waals surface area contributed by atoms with Crippen LogP contribution in [0.25, 0.3) is 0 Å². The van der Waals surface area contributed by atoms with Crippen LogP contribution >= 0.6 is 0 Å². The van der Waals surface area contributed by atoms with E-state index in [1.807, 2.05) is 0 Å². The molecule has 2 N–H and O–H groups in total. The molecule has 0 radical (unpaired) electrons. The van der Waals surface area contributed by atoms with Gasteiger partial charge in [-0.1, -0.05) is 0 Å². The average molecular weight is 196 g/mol. The van der Waals surface area contributed by atoms with Crippen LogP contribution in [0, 0.1) is 0 Å². The van der Waals surface area contributed by atoms with Gasteiger partial charge in [0, 0.05) is 16.5 Å². The second-order valence-corrected chi connectivity index (χ2v) is 0.283. The summed E-state index contributed by atoms with van der Waals surface area (Å²) in [6.45, 7) is 0. The maximum atomic E-state index is 8.56. The van der Waals surface area contributed by atoms with E-state index in [0.717, 1.165) is 0 Å². The Morgan fingerprint density at radius 3 is 1.29 bits per heavy atom. The van der Waals surface area contributed by atoms with Crippen LogP contribution in [-0.2, 0) is 36.0 Å². The van der Waals surface area contributed by atoms with E-state index in [-0.39, 0.29) is 16.5 Å². The summed E-state index contributed by atoms with van der Waals surface area (Å²) in [5.74, 6) is 0. The molecule has 0 saturated heterocycles. The van der Waals surface area contributed by atoms with E-state index >= 15 is 0 Å². The number of carbonyl (C=O) groups is 1. The van der Waals surface area contributed by atoms with Crippen molar-refractivity contribution in [2.75, 3.05) is 0 Å². The van der Waals surface area contributed by atoms with Gasteiger partial charge in [0.1, 0.15) is 0 Å². The first-order chi connectivity index (χ1) is 2.73. The molecule has 0 aromatic rings. The molecular formula is CH2CoNiO4. The Hall–Kier alpha value is 0.0700. The Labute approximate surface area is 57.6 Å². The second kappa shape index (κ2) is 16.6. The van der Waals surface area contributed by atoms with Gasteiger partial charge in [-0.2, -0.15) is 0 Å². The first-order valence-electron chi connectivity index (χ1n) is 0.787. The van der Waals surface area contributed by atoms with E-state index in [2.05, 4.69) is 15.7 Å². The standard InChI is InChI=1S/CH2O3.Co.Ni.O/c2-1(3)4;;;/h(H2,2,3,4);;;. The SMILES string of the molecule is O=C(O)O.[Ni].[O]=[Co]. The summed E-state index contributed by atoms with van der Waals surface area (Å²) in [5.41, 5.74) is 0. The summed E-state index contributed by atoms with van der Waals surface area (Å²) >= 11 is 2.31. The normalized spacial score (nSPS) is 4.14. The Morgan fingerprint density at radius 1 is 1.29 bits per heavy atom. The molecule has 0 bridgehead atoms. The van der Waals surface area contributed by atoms with Crippen molar-refractivity contribution in [1.29, 1.82) is 0 Å². The molecule has 0 aromatic heterocycles. The van der Waals surface area contributed by atoms with Gasteiger partial charge in [0.15, 0.2) is 0 Å². The molecule has 4 nitrogen and oxygen atoms in total. The molecule has 6 heteroatoms. The molecule has 0 fully saturated rings. The second-order valence-electron chi connectivity index (χ2n) is 0.283. The molecule has 0 saturated carbocycles. The minimum absolute atomic E-state index is 0. The first kappa shape index (κ1) is 15.7. The Balaban J connectivity index is -0.0000000480. The Kier molecular flexibility index (Phi) is 37.2. The predicted molar refractivity (Wildman–Crippen MR) is 11.3 cm³/mol. The fourth-order valence-electron chi connectivity index (χ4n) is 0. The van der Waals surface area contributed by atoms with Crippen molar-refractivity contribution in [3.05, 3.63) is 0 Å². The number of carboxylic acid groups (broad SMARTS) is 2. The molecular weight excluding hydrogens is 194 g/mol. The van der Waals surface area contributed by atoms with Crippen LogP contribution in [0.1, 0.15) is 0 Å². The molecule has 0 atom stereocenters. The van der Waals surface area contributed by atoms with Crippen molar-refractivity contribution >= 4 is 6.16 Å². The number of hydrogen-bond donors (Lipinski definition) is 2. The Bertz CT molecular complexity index is 43.0. The van der Waals surface area contributed by atoms with Crippen LogP contribution in [0.4, 0.5) is 4.79 Å². The van der Waals surface area contributed by atoms with Crippen molar-refractivity contribution in [3.8, 4) is 0 Å². The molecule has 0 aliphatic rings. The van der Waals surface area contributed by atoms with Crippen LogP contribution in [0.3, 0.4) is 0 Å². The topological polar surface area (TPSA) is 74.6 Å². The van der Waals surface area contributed by atoms with Gasteiger partial charge in [-0.05, 0) is 0 Å². The zero-order chi connectivity index (χ0) is 5.58. The molecule has 0 aliphatic heterocycles. The fourth-order valence-corrected chi connectivity index (χ4v) is 0. The first-order valence-corrected chi connectivity index (χ1v) is 1.21. The van der Waals surface area contributed by atoms with E-state index in [4.69, 9.17) is 18.9 Å². The van der Waals surface area contributed by atoms with Gasteiger partial charge in [0.05, 0.1) is 0 Å². The zero-order valence-corrected chi connectivity index (χ0v) is 4.89. The van der Waals surface area contributed by atoms with Gasteiger partial charge in [0.2, 0.25) is 0 Å². The number of hydrogen-bond acceptors (Lipinski definition) is 2. The third-order valence-electron chi connectivity index (χ3n) is 0. The van der Waals surface area contributed by atoms with E-state index in [1.165, 1.54) is 0 Å². The van der Waals surface area contributed by atoms with Crippen LogP contribution in [0.15, 0.2) is 0 Å².